The fraction of sp³-hybridized carbons (Fsp3) is 0.143. The van der Waals surface area contributed by atoms with E-state index in [0.29, 0.717) is 4.47 Å². The van der Waals surface area contributed by atoms with Gasteiger partial charge >= 0.3 is 0 Å². The molecule has 0 amide bonds. The van der Waals surface area contributed by atoms with Crippen molar-refractivity contribution in [2.75, 3.05) is 0 Å². The Morgan fingerprint density at radius 3 is 2.69 bits per heavy atom. The molecule has 0 atom stereocenters. The molecule has 6 heteroatoms. The monoisotopic (exact) mass is 248 g/mol. The fourth-order valence-corrected chi connectivity index (χ4v) is 3.44. The summed E-state index contributed by atoms with van der Waals surface area (Å²) in [5, 5.41) is 4.88. The fourth-order valence-electron chi connectivity index (χ4n) is 0.754. The van der Waals surface area contributed by atoms with E-state index >= 15 is 0 Å². The highest BCUT2D eigenvalue weighted by atomic mass is 35.5. The molecule has 68 valence electrons. The minimum Gasteiger partial charge on any atom is -0.235 e. The lowest BCUT2D eigenvalue weighted by Gasteiger charge is -1.88. The topological polar surface area (TPSA) is 25.8 Å². The van der Waals surface area contributed by atoms with E-state index in [4.69, 9.17) is 11.6 Å². The average Bonchev–Trinajstić information content (AvgIpc) is 2.62. The Bertz CT molecular complexity index is 371. The predicted octanol–water partition coefficient (Wildman–Crippen LogP) is 3.71. The lowest BCUT2D eigenvalue weighted by Crippen LogP contribution is -1.72. The average molecular weight is 249 g/mol. The van der Waals surface area contributed by atoms with E-state index in [1.807, 2.05) is 17.7 Å². The number of rotatable bonds is 2. The Balaban J connectivity index is 2.14. The molecular formula is C7H5ClN2S3. The summed E-state index contributed by atoms with van der Waals surface area (Å²) in [4.78, 5) is 8.45. The molecule has 0 aromatic carbocycles. The van der Waals surface area contributed by atoms with Crippen molar-refractivity contribution in [2.24, 2.45) is 0 Å². The second-order valence-corrected chi connectivity index (χ2v) is 5.86. The zero-order valence-corrected chi connectivity index (χ0v) is 9.86. The SMILES string of the molecule is Cc1csc(Sc2csc(Cl)n2)n1. The Morgan fingerprint density at radius 2 is 2.15 bits per heavy atom. The third kappa shape index (κ3) is 2.43. The van der Waals surface area contributed by atoms with Crippen molar-refractivity contribution in [3.05, 3.63) is 20.9 Å². The van der Waals surface area contributed by atoms with Gasteiger partial charge in [0.05, 0.1) is 0 Å². The van der Waals surface area contributed by atoms with Crippen LogP contribution in [0.4, 0.5) is 0 Å². The minimum atomic E-state index is 0.579. The number of thiazole rings is 2. The Hall–Kier alpha value is -0.100. The summed E-state index contributed by atoms with van der Waals surface area (Å²) in [5.41, 5.74) is 1.05. The van der Waals surface area contributed by atoms with Crippen LogP contribution in [0.15, 0.2) is 20.1 Å². The van der Waals surface area contributed by atoms with Gasteiger partial charge in [0.1, 0.15) is 5.03 Å². The van der Waals surface area contributed by atoms with Crippen LogP contribution in [0.3, 0.4) is 0 Å². The first kappa shape index (κ1) is 9.45. The van der Waals surface area contributed by atoms with Gasteiger partial charge in [0.2, 0.25) is 0 Å². The Kier molecular flexibility index (Phi) is 2.88. The van der Waals surface area contributed by atoms with Gasteiger partial charge in [0.25, 0.3) is 0 Å². The van der Waals surface area contributed by atoms with Crippen LogP contribution in [0.5, 0.6) is 0 Å². The van der Waals surface area contributed by atoms with Crippen LogP contribution in [-0.4, -0.2) is 9.97 Å². The zero-order chi connectivity index (χ0) is 9.26. The van der Waals surface area contributed by atoms with E-state index in [0.717, 1.165) is 15.1 Å². The van der Waals surface area contributed by atoms with Gasteiger partial charge in [-0.2, -0.15) is 0 Å². The molecule has 0 aliphatic rings. The van der Waals surface area contributed by atoms with Gasteiger partial charge in [-0.05, 0) is 18.7 Å². The molecule has 2 aromatic rings. The number of halogens is 1. The summed E-state index contributed by atoms with van der Waals surface area (Å²) in [7, 11) is 0. The molecule has 0 radical (unpaired) electrons. The molecule has 0 N–H and O–H groups in total. The molecule has 0 saturated carbocycles. The summed E-state index contributed by atoms with van der Waals surface area (Å²) in [6, 6.07) is 0. The van der Waals surface area contributed by atoms with Gasteiger partial charge in [-0.15, -0.1) is 22.7 Å². The Labute approximate surface area is 93.0 Å². The van der Waals surface area contributed by atoms with Gasteiger partial charge in [-0.1, -0.05) is 11.6 Å². The summed E-state index contributed by atoms with van der Waals surface area (Å²) < 4.78 is 1.59. The number of hydrogen-bond acceptors (Lipinski definition) is 5. The minimum absolute atomic E-state index is 0.579. The third-order valence-corrected chi connectivity index (χ3v) is 4.35. The zero-order valence-electron chi connectivity index (χ0n) is 6.65. The molecule has 13 heavy (non-hydrogen) atoms. The molecular weight excluding hydrogens is 244 g/mol. The van der Waals surface area contributed by atoms with Crippen molar-refractivity contribution in [3.63, 3.8) is 0 Å². The molecule has 0 unspecified atom stereocenters. The maximum absolute atomic E-state index is 5.71. The maximum atomic E-state index is 5.71. The first-order valence-corrected chi connectivity index (χ1v) is 6.40. The second-order valence-electron chi connectivity index (χ2n) is 2.30. The summed E-state index contributed by atoms with van der Waals surface area (Å²) in [6.45, 7) is 1.98. The Morgan fingerprint density at radius 1 is 1.31 bits per heavy atom. The number of aromatic nitrogens is 2. The first-order valence-electron chi connectivity index (χ1n) is 3.45. The number of nitrogens with zero attached hydrogens (tertiary/aromatic N) is 2. The lowest BCUT2D eigenvalue weighted by molar-refractivity contribution is 1.14. The second kappa shape index (κ2) is 3.96. The molecule has 2 aromatic heterocycles. The molecule has 0 saturated heterocycles. The van der Waals surface area contributed by atoms with Gasteiger partial charge in [-0.25, -0.2) is 9.97 Å². The standard InChI is InChI=1S/C7H5ClN2S3/c1-4-2-12-7(9-4)13-5-3-11-6(8)10-5/h2-3H,1H3. The molecule has 0 spiro atoms. The van der Waals surface area contributed by atoms with Crippen LogP contribution < -0.4 is 0 Å². The van der Waals surface area contributed by atoms with E-state index in [2.05, 4.69) is 9.97 Å². The van der Waals surface area contributed by atoms with E-state index < -0.39 is 0 Å². The van der Waals surface area contributed by atoms with Crippen molar-refractivity contribution in [1.82, 2.24) is 9.97 Å². The van der Waals surface area contributed by atoms with E-state index in [-0.39, 0.29) is 0 Å². The van der Waals surface area contributed by atoms with Gasteiger partial charge < -0.3 is 0 Å². The number of aryl methyl sites for hydroxylation is 1. The highest BCUT2D eigenvalue weighted by Gasteiger charge is 2.04. The first-order chi connectivity index (χ1) is 6.24. The normalized spacial score (nSPS) is 10.6. The van der Waals surface area contributed by atoms with Crippen LogP contribution in [-0.2, 0) is 0 Å². The summed E-state index contributed by atoms with van der Waals surface area (Å²) >= 11 is 10.3. The van der Waals surface area contributed by atoms with Crippen LogP contribution in [0.25, 0.3) is 0 Å². The van der Waals surface area contributed by atoms with Crippen molar-refractivity contribution in [3.8, 4) is 0 Å². The van der Waals surface area contributed by atoms with Crippen LogP contribution in [0.1, 0.15) is 5.69 Å². The molecule has 0 aliphatic carbocycles. The molecule has 0 bridgehead atoms. The maximum Gasteiger partial charge on any atom is 0.184 e. The predicted molar refractivity (Wildman–Crippen MR) is 58.1 cm³/mol. The number of hydrogen-bond donors (Lipinski definition) is 0. The molecule has 2 rings (SSSR count). The highest BCUT2D eigenvalue weighted by molar-refractivity contribution is 8.01. The molecule has 2 heterocycles. The summed E-state index contributed by atoms with van der Waals surface area (Å²) in [6.07, 6.45) is 0. The lowest BCUT2D eigenvalue weighted by atomic mass is 10.6. The summed E-state index contributed by atoms with van der Waals surface area (Å²) in [5.74, 6) is 0. The van der Waals surface area contributed by atoms with Crippen molar-refractivity contribution in [1.29, 1.82) is 0 Å². The molecule has 2 nitrogen and oxygen atoms in total. The van der Waals surface area contributed by atoms with Crippen LogP contribution >= 0.6 is 46.0 Å². The van der Waals surface area contributed by atoms with Crippen LogP contribution in [0.2, 0.25) is 4.47 Å². The molecule has 0 aliphatic heterocycles. The van der Waals surface area contributed by atoms with Crippen molar-refractivity contribution < 1.29 is 0 Å². The smallest absolute Gasteiger partial charge is 0.184 e. The van der Waals surface area contributed by atoms with E-state index in [1.165, 1.54) is 11.3 Å². The van der Waals surface area contributed by atoms with Gasteiger partial charge in [-0.3, -0.25) is 0 Å². The van der Waals surface area contributed by atoms with Gasteiger partial charge in [0.15, 0.2) is 8.81 Å². The molecule has 0 fully saturated rings. The van der Waals surface area contributed by atoms with E-state index in [1.54, 1.807) is 23.1 Å². The highest BCUT2D eigenvalue weighted by Crippen LogP contribution is 2.31. The van der Waals surface area contributed by atoms with E-state index in [9.17, 15) is 0 Å². The van der Waals surface area contributed by atoms with Crippen molar-refractivity contribution in [2.45, 2.75) is 16.3 Å². The van der Waals surface area contributed by atoms with Gasteiger partial charge in [0, 0.05) is 16.5 Å². The third-order valence-electron chi connectivity index (χ3n) is 1.24. The van der Waals surface area contributed by atoms with Crippen LogP contribution in [0, 0.1) is 6.92 Å². The largest absolute Gasteiger partial charge is 0.235 e. The van der Waals surface area contributed by atoms with Crippen molar-refractivity contribution >= 4 is 46.0 Å². The quantitative estimate of drug-likeness (QED) is 0.810.